The normalized spacial score (nSPS) is 37.5. The molecule has 0 heteroatoms. The van der Waals surface area contributed by atoms with Crippen molar-refractivity contribution in [2.45, 2.75) is 72.1 Å². The Morgan fingerprint density at radius 2 is 1.07 bits per heavy atom. The third kappa shape index (κ3) is 4.48. The first-order chi connectivity index (χ1) is 6.70. The van der Waals surface area contributed by atoms with Crippen molar-refractivity contribution in [1.82, 2.24) is 0 Å². The van der Waals surface area contributed by atoms with Crippen LogP contribution in [0.1, 0.15) is 72.1 Å². The van der Waals surface area contributed by atoms with E-state index >= 15 is 0 Å². The van der Waals surface area contributed by atoms with Crippen LogP contribution in [0.2, 0.25) is 0 Å². The van der Waals surface area contributed by atoms with Gasteiger partial charge in [0.25, 0.3) is 0 Å². The van der Waals surface area contributed by atoms with Crippen LogP contribution in [-0.4, -0.2) is 0 Å². The van der Waals surface area contributed by atoms with Crippen LogP contribution in [0.25, 0.3) is 0 Å². The monoisotopic (exact) mass is 196 g/mol. The quantitative estimate of drug-likeness (QED) is 0.510. The lowest BCUT2D eigenvalue weighted by Crippen LogP contribution is -2.07. The molecule has 0 aromatic carbocycles. The van der Waals surface area contributed by atoms with Crippen LogP contribution in [0, 0.1) is 17.8 Å². The van der Waals surface area contributed by atoms with Gasteiger partial charge in [0, 0.05) is 0 Å². The van der Waals surface area contributed by atoms with Gasteiger partial charge in [0.15, 0.2) is 0 Å². The van der Waals surface area contributed by atoms with Crippen LogP contribution in [0.15, 0.2) is 0 Å². The van der Waals surface area contributed by atoms with E-state index in [1.54, 1.807) is 0 Å². The molecule has 84 valence electrons. The highest BCUT2D eigenvalue weighted by Crippen LogP contribution is 2.27. The molecule has 0 amide bonds. The molecule has 0 nitrogen and oxygen atoms in total. The highest BCUT2D eigenvalue weighted by molar-refractivity contribution is 4.65. The average molecular weight is 196 g/mol. The summed E-state index contributed by atoms with van der Waals surface area (Å²) < 4.78 is 0. The van der Waals surface area contributed by atoms with Crippen molar-refractivity contribution < 1.29 is 0 Å². The summed E-state index contributed by atoms with van der Waals surface area (Å²) in [5.74, 6) is 2.90. The summed E-state index contributed by atoms with van der Waals surface area (Å²) in [5.41, 5.74) is 0. The Hall–Kier alpha value is 0. The van der Waals surface area contributed by atoms with Gasteiger partial charge >= 0.3 is 0 Å². The average Bonchev–Trinajstić information content (AvgIpc) is 2.18. The fraction of sp³-hybridized carbons (Fsp3) is 1.00. The number of hydrogen-bond donors (Lipinski definition) is 0. The number of hydrogen-bond acceptors (Lipinski definition) is 0. The van der Waals surface area contributed by atoms with E-state index in [9.17, 15) is 0 Å². The Balaban J connectivity index is 2.34. The Kier molecular flexibility index (Phi) is 5.59. The highest BCUT2D eigenvalue weighted by Gasteiger charge is 2.13. The molecule has 1 aliphatic carbocycles. The van der Waals surface area contributed by atoms with Crippen LogP contribution in [-0.2, 0) is 0 Å². The maximum absolute atomic E-state index is 2.45. The lowest BCUT2D eigenvalue weighted by molar-refractivity contribution is 0.324. The van der Waals surface area contributed by atoms with Gasteiger partial charge in [0.2, 0.25) is 0 Å². The van der Waals surface area contributed by atoms with Crippen molar-refractivity contribution in [2.24, 2.45) is 17.8 Å². The van der Waals surface area contributed by atoms with Gasteiger partial charge in [-0.2, -0.15) is 0 Å². The standard InChI is InChI=1S/C14H28/c1-12-8-5-4-6-10-13(2)14(3)11-7-9-12/h12-14H,4-11H2,1-3H3. The highest BCUT2D eigenvalue weighted by atomic mass is 14.2. The summed E-state index contributed by atoms with van der Waals surface area (Å²) in [7, 11) is 0. The van der Waals surface area contributed by atoms with E-state index in [4.69, 9.17) is 0 Å². The predicted octanol–water partition coefficient (Wildman–Crippen LogP) is 5.03. The summed E-state index contributed by atoms with van der Waals surface area (Å²) in [6, 6.07) is 0. The first-order valence-electron chi connectivity index (χ1n) is 6.70. The van der Waals surface area contributed by atoms with Gasteiger partial charge in [-0.3, -0.25) is 0 Å². The molecule has 0 saturated heterocycles. The molecule has 0 aromatic rings. The van der Waals surface area contributed by atoms with Crippen LogP contribution in [0.5, 0.6) is 0 Å². The molecular weight excluding hydrogens is 168 g/mol. The van der Waals surface area contributed by atoms with Gasteiger partial charge in [0.1, 0.15) is 0 Å². The van der Waals surface area contributed by atoms with Gasteiger partial charge < -0.3 is 0 Å². The number of rotatable bonds is 0. The summed E-state index contributed by atoms with van der Waals surface area (Å²) in [4.78, 5) is 0. The summed E-state index contributed by atoms with van der Waals surface area (Å²) in [6.07, 6.45) is 11.8. The van der Waals surface area contributed by atoms with Crippen molar-refractivity contribution >= 4 is 0 Å². The summed E-state index contributed by atoms with van der Waals surface area (Å²) in [6.45, 7) is 7.34. The van der Waals surface area contributed by atoms with Crippen LogP contribution >= 0.6 is 0 Å². The van der Waals surface area contributed by atoms with E-state index in [1.807, 2.05) is 0 Å². The zero-order valence-electron chi connectivity index (χ0n) is 10.4. The minimum Gasteiger partial charge on any atom is -0.0625 e. The molecule has 0 heterocycles. The molecule has 0 spiro atoms. The SMILES string of the molecule is CC1CCCCCC(C)C(C)CCC1. The summed E-state index contributed by atoms with van der Waals surface area (Å²) >= 11 is 0. The largest absolute Gasteiger partial charge is 0.0625 e. The van der Waals surface area contributed by atoms with Gasteiger partial charge in [-0.05, 0) is 17.8 Å². The van der Waals surface area contributed by atoms with E-state index in [0.717, 1.165) is 17.8 Å². The second kappa shape index (κ2) is 6.48. The Labute approximate surface area is 90.5 Å². The van der Waals surface area contributed by atoms with E-state index in [-0.39, 0.29) is 0 Å². The minimum absolute atomic E-state index is 0.959. The van der Waals surface area contributed by atoms with Crippen molar-refractivity contribution in [2.75, 3.05) is 0 Å². The van der Waals surface area contributed by atoms with Crippen LogP contribution in [0.4, 0.5) is 0 Å². The molecular formula is C14H28. The maximum Gasteiger partial charge on any atom is -0.0417 e. The van der Waals surface area contributed by atoms with E-state index < -0.39 is 0 Å². The van der Waals surface area contributed by atoms with Crippen LogP contribution in [0.3, 0.4) is 0 Å². The van der Waals surface area contributed by atoms with Gasteiger partial charge in [-0.15, -0.1) is 0 Å². The lowest BCUT2D eigenvalue weighted by Gasteiger charge is -2.19. The van der Waals surface area contributed by atoms with E-state index in [1.165, 1.54) is 51.4 Å². The topological polar surface area (TPSA) is 0 Å². The third-order valence-corrected chi connectivity index (χ3v) is 4.18. The fourth-order valence-corrected chi connectivity index (χ4v) is 2.64. The Morgan fingerprint density at radius 3 is 1.79 bits per heavy atom. The Morgan fingerprint density at radius 1 is 0.571 bits per heavy atom. The predicted molar refractivity (Wildman–Crippen MR) is 64.4 cm³/mol. The first-order valence-corrected chi connectivity index (χ1v) is 6.70. The molecule has 3 unspecified atom stereocenters. The molecule has 14 heavy (non-hydrogen) atoms. The van der Waals surface area contributed by atoms with Crippen LogP contribution < -0.4 is 0 Å². The second-order valence-electron chi connectivity index (χ2n) is 5.63. The minimum atomic E-state index is 0.959. The molecule has 1 aliphatic rings. The van der Waals surface area contributed by atoms with Crippen molar-refractivity contribution in [1.29, 1.82) is 0 Å². The molecule has 0 aliphatic heterocycles. The zero-order valence-corrected chi connectivity index (χ0v) is 10.4. The Bertz CT molecular complexity index is 139. The molecule has 1 fully saturated rings. The van der Waals surface area contributed by atoms with E-state index in [2.05, 4.69) is 20.8 Å². The molecule has 1 saturated carbocycles. The molecule has 0 aromatic heterocycles. The smallest absolute Gasteiger partial charge is 0.0417 e. The fourth-order valence-electron chi connectivity index (χ4n) is 2.64. The first kappa shape index (κ1) is 12.1. The molecule has 0 bridgehead atoms. The third-order valence-electron chi connectivity index (χ3n) is 4.18. The van der Waals surface area contributed by atoms with Crippen molar-refractivity contribution in [3.63, 3.8) is 0 Å². The summed E-state index contributed by atoms with van der Waals surface area (Å²) in [5, 5.41) is 0. The van der Waals surface area contributed by atoms with Gasteiger partial charge in [0.05, 0.1) is 0 Å². The molecule has 1 rings (SSSR count). The molecule has 0 N–H and O–H groups in total. The van der Waals surface area contributed by atoms with Crippen molar-refractivity contribution in [3.05, 3.63) is 0 Å². The van der Waals surface area contributed by atoms with Crippen molar-refractivity contribution in [3.8, 4) is 0 Å². The molecule has 3 atom stereocenters. The second-order valence-corrected chi connectivity index (χ2v) is 5.63. The lowest BCUT2D eigenvalue weighted by atomic mass is 9.87. The maximum atomic E-state index is 2.45. The molecule has 0 radical (unpaired) electrons. The zero-order chi connectivity index (χ0) is 10.4. The van der Waals surface area contributed by atoms with E-state index in [0.29, 0.717) is 0 Å². The van der Waals surface area contributed by atoms with Gasteiger partial charge in [-0.1, -0.05) is 72.1 Å². The van der Waals surface area contributed by atoms with Gasteiger partial charge in [-0.25, -0.2) is 0 Å².